The lowest BCUT2D eigenvalue weighted by molar-refractivity contribution is 0.167. The van der Waals surface area contributed by atoms with Gasteiger partial charge < -0.3 is 9.32 Å². The van der Waals surface area contributed by atoms with Gasteiger partial charge in [-0.1, -0.05) is 19.1 Å². The van der Waals surface area contributed by atoms with Crippen molar-refractivity contribution in [2.24, 2.45) is 5.92 Å². The SMILES string of the molecule is CC1CCC(N(C)CCCn2c(=O)oc3ccccc32)CC1. The maximum atomic E-state index is 11.9. The summed E-state index contributed by atoms with van der Waals surface area (Å²) >= 11 is 0. The average Bonchev–Trinajstić information content (AvgIpc) is 2.84. The van der Waals surface area contributed by atoms with Gasteiger partial charge in [-0.15, -0.1) is 0 Å². The fourth-order valence-corrected chi connectivity index (χ4v) is 3.57. The highest BCUT2D eigenvalue weighted by atomic mass is 16.4. The van der Waals surface area contributed by atoms with Gasteiger partial charge in [0.2, 0.25) is 0 Å². The van der Waals surface area contributed by atoms with E-state index in [9.17, 15) is 4.79 Å². The summed E-state index contributed by atoms with van der Waals surface area (Å²) in [5.41, 5.74) is 1.59. The van der Waals surface area contributed by atoms with Gasteiger partial charge in [-0.3, -0.25) is 4.57 Å². The molecule has 3 rings (SSSR count). The van der Waals surface area contributed by atoms with Gasteiger partial charge in [0.15, 0.2) is 5.58 Å². The summed E-state index contributed by atoms with van der Waals surface area (Å²) < 4.78 is 7.03. The third kappa shape index (κ3) is 3.27. The largest absolute Gasteiger partial charge is 0.419 e. The summed E-state index contributed by atoms with van der Waals surface area (Å²) in [6.07, 6.45) is 6.30. The van der Waals surface area contributed by atoms with E-state index in [1.165, 1.54) is 25.7 Å². The summed E-state index contributed by atoms with van der Waals surface area (Å²) in [5, 5.41) is 0. The van der Waals surface area contributed by atoms with E-state index >= 15 is 0 Å². The zero-order valence-electron chi connectivity index (χ0n) is 13.6. The second-order valence-electron chi connectivity index (χ2n) is 6.74. The normalized spacial score (nSPS) is 22.5. The van der Waals surface area contributed by atoms with Crippen molar-refractivity contribution in [3.63, 3.8) is 0 Å². The van der Waals surface area contributed by atoms with Crippen LogP contribution in [0.3, 0.4) is 0 Å². The van der Waals surface area contributed by atoms with Crippen LogP contribution in [0.4, 0.5) is 0 Å². The number of para-hydroxylation sites is 2. The molecule has 1 fully saturated rings. The first-order chi connectivity index (χ1) is 10.6. The molecule has 1 heterocycles. The molecule has 0 bridgehead atoms. The zero-order valence-corrected chi connectivity index (χ0v) is 13.6. The fraction of sp³-hybridized carbons (Fsp3) is 0.611. The van der Waals surface area contributed by atoms with Gasteiger partial charge in [0, 0.05) is 12.6 Å². The van der Waals surface area contributed by atoms with E-state index in [4.69, 9.17) is 4.42 Å². The van der Waals surface area contributed by atoms with Crippen molar-refractivity contribution in [1.82, 2.24) is 9.47 Å². The monoisotopic (exact) mass is 302 g/mol. The van der Waals surface area contributed by atoms with Crippen molar-refractivity contribution in [3.8, 4) is 0 Å². The highest BCUT2D eigenvalue weighted by Crippen LogP contribution is 2.26. The number of hydrogen-bond acceptors (Lipinski definition) is 3. The summed E-state index contributed by atoms with van der Waals surface area (Å²) in [5.74, 6) is 0.649. The Morgan fingerprint density at radius 2 is 1.95 bits per heavy atom. The molecule has 0 atom stereocenters. The van der Waals surface area contributed by atoms with Crippen molar-refractivity contribution >= 4 is 11.1 Å². The molecule has 0 saturated heterocycles. The second kappa shape index (κ2) is 6.69. The van der Waals surface area contributed by atoms with Crippen molar-refractivity contribution in [2.45, 2.75) is 51.6 Å². The van der Waals surface area contributed by atoms with Crippen LogP contribution in [-0.4, -0.2) is 29.1 Å². The van der Waals surface area contributed by atoms with Gasteiger partial charge in [0.25, 0.3) is 0 Å². The highest BCUT2D eigenvalue weighted by Gasteiger charge is 2.21. The van der Waals surface area contributed by atoms with Crippen molar-refractivity contribution in [1.29, 1.82) is 0 Å². The first-order valence-corrected chi connectivity index (χ1v) is 8.44. The number of fused-ring (bicyclic) bond motifs is 1. The first kappa shape index (κ1) is 15.3. The standard InChI is InChI=1S/C18H26N2O2/c1-14-8-10-15(11-9-14)19(2)12-5-13-20-16-6-3-4-7-17(16)22-18(20)21/h3-4,6-7,14-15H,5,8-13H2,1-2H3. The topological polar surface area (TPSA) is 38.4 Å². The minimum absolute atomic E-state index is 0.240. The van der Waals surface area contributed by atoms with Gasteiger partial charge in [-0.25, -0.2) is 4.79 Å². The van der Waals surface area contributed by atoms with Crippen LogP contribution in [0.5, 0.6) is 0 Å². The molecule has 0 aliphatic heterocycles. The molecule has 0 amide bonds. The van der Waals surface area contributed by atoms with E-state index in [2.05, 4.69) is 18.9 Å². The van der Waals surface area contributed by atoms with E-state index < -0.39 is 0 Å². The number of hydrogen-bond donors (Lipinski definition) is 0. The quantitative estimate of drug-likeness (QED) is 0.848. The fourth-order valence-electron chi connectivity index (χ4n) is 3.57. The Labute approximate surface area is 131 Å². The van der Waals surface area contributed by atoms with Crippen LogP contribution < -0.4 is 5.76 Å². The van der Waals surface area contributed by atoms with E-state index in [0.717, 1.165) is 30.9 Å². The predicted octanol–water partition coefficient (Wildman–Crippen LogP) is 3.50. The Morgan fingerprint density at radius 1 is 1.23 bits per heavy atom. The number of aryl methyl sites for hydroxylation is 1. The molecule has 1 aliphatic carbocycles. The lowest BCUT2D eigenvalue weighted by Crippen LogP contribution is -2.36. The molecule has 4 nitrogen and oxygen atoms in total. The van der Waals surface area contributed by atoms with Crippen LogP contribution in [0.2, 0.25) is 0 Å². The van der Waals surface area contributed by atoms with Gasteiger partial charge in [-0.05, 0) is 63.7 Å². The Hall–Kier alpha value is -1.55. The molecule has 1 saturated carbocycles. The lowest BCUT2D eigenvalue weighted by atomic mass is 9.87. The minimum Gasteiger partial charge on any atom is -0.408 e. The lowest BCUT2D eigenvalue weighted by Gasteiger charge is -2.33. The molecule has 1 aromatic carbocycles. The molecular weight excluding hydrogens is 276 g/mol. The van der Waals surface area contributed by atoms with E-state index in [1.54, 1.807) is 4.57 Å². The Balaban J connectivity index is 1.56. The van der Waals surface area contributed by atoms with Crippen LogP contribution in [0.15, 0.2) is 33.5 Å². The van der Waals surface area contributed by atoms with Gasteiger partial charge in [0.1, 0.15) is 0 Å². The van der Waals surface area contributed by atoms with E-state index in [-0.39, 0.29) is 5.76 Å². The third-order valence-electron chi connectivity index (χ3n) is 5.07. The van der Waals surface area contributed by atoms with Crippen molar-refractivity contribution < 1.29 is 4.42 Å². The van der Waals surface area contributed by atoms with Crippen LogP contribution in [0.1, 0.15) is 39.0 Å². The summed E-state index contributed by atoms with van der Waals surface area (Å²) in [4.78, 5) is 14.4. The summed E-state index contributed by atoms with van der Waals surface area (Å²) in [6.45, 7) is 4.11. The molecule has 1 aliphatic rings. The number of oxazole rings is 1. The summed E-state index contributed by atoms with van der Waals surface area (Å²) in [6, 6.07) is 8.36. The Morgan fingerprint density at radius 3 is 2.73 bits per heavy atom. The Bertz CT molecular complexity index is 665. The number of nitrogens with zero attached hydrogens (tertiary/aromatic N) is 2. The third-order valence-corrected chi connectivity index (χ3v) is 5.07. The predicted molar refractivity (Wildman–Crippen MR) is 89.1 cm³/mol. The number of benzene rings is 1. The maximum Gasteiger partial charge on any atom is 0.419 e. The molecular formula is C18H26N2O2. The van der Waals surface area contributed by atoms with Crippen molar-refractivity contribution in [2.75, 3.05) is 13.6 Å². The molecule has 22 heavy (non-hydrogen) atoms. The average molecular weight is 302 g/mol. The van der Waals surface area contributed by atoms with Crippen LogP contribution in [0.25, 0.3) is 11.1 Å². The second-order valence-corrected chi connectivity index (χ2v) is 6.74. The maximum absolute atomic E-state index is 11.9. The number of rotatable bonds is 5. The smallest absolute Gasteiger partial charge is 0.408 e. The van der Waals surface area contributed by atoms with Crippen molar-refractivity contribution in [3.05, 3.63) is 34.8 Å². The van der Waals surface area contributed by atoms with Crippen LogP contribution >= 0.6 is 0 Å². The van der Waals surface area contributed by atoms with E-state index in [0.29, 0.717) is 11.6 Å². The molecule has 120 valence electrons. The van der Waals surface area contributed by atoms with Gasteiger partial charge in [-0.2, -0.15) is 0 Å². The zero-order chi connectivity index (χ0) is 15.5. The molecule has 0 N–H and O–H groups in total. The number of aromatic nitrogens is 1. The van der Waals surface area contributed by atoms with Crippen LogP contribution in [0, 0.1) is 5.92 Å². The minimum atomic E-state index is -0.240. The van der Waals surface area contributed by atoms with Crippen LogP contribution in [-0.2, 0) is 6.54 Å². The molecule has 0 unspecified atom stereocenters. The summed E-state index contributed by atoms with van der Waals surface area (Å²) in [7, 11) is 2.22. The first-order valence-electron chi connectivity index (χ1n) is 8.44. The Kier molecular flexibility index (Phi) is 4.67. The van der Waals surface area contributed by atoms with Gasteiger partial charge >= 0.3 is 5.76 Å². The molecule has 2 aromatic rings. The molecule has 1 aromatic heterocycles. The van der Waals surface area contributed by atoms with Gasteiger partial charge in [0.05, 0.1) is 5.52 Å². The molecule has 0 spiro atoms. The highest BCUT2D eigenvalue weighted by molar-refractivity contribution is 5.72. The molecule has 0 radical (unpaired) electrons. The van der Waals surface area contributed by atoms with E-state index in [1.807, 2.05) is 24.3 Å². The molecule has 4 heteroatoms.